The number of carbonyl (C=O) groups excluding carboxylic acids is 4. The third-order valence-corrected chi connectivity index (χ3v) is 20.2. The molecule has 0 aromatic rings. The highest BCUT2D eigenvalue weighted by Gasteiger charge is 2.30. The zero-order valence-corrected chi connectivity index (χ0v) is 65.0. The van der Waals surface area contributed by atoms with Gasteiger partial charge in [0.1, 0.15) is 19.3 Å². The van der Waals surface area contributed by atoms with Crippen molar-refractivity contribution < 1.29 is 80.2 Å². The highest BCUT2D eigenvalue weighted by atomic mass is 31.2. The Morgan fingerprint density at radius 1 is 0.278 bits per heavy atom. The fraction of sp³-hybridized carbons (Fsp3) is 0.949. The topological polar surface area (TPSA) is 237 Å². The van der Waals surface area contributed by atoms with Gasteiger partial charge in [-0.05, 0) is 31.6 Å². The van der Waals surface area contributed by atoms with E-state index in [1.807, 2.05) is 0 Å². The number of ether oxygens (including phenoxy) is 4. The molecule has 2 unspecified atom stereocenters. The van der Waals surface area contributed by atoms with E-state index in [-0.39, 0.29) is 25.7 Å². The predicted octanol–water partition coefficient (Wildman–Crippen LogP) is 23.3. The van der Waals surface area contributed by atoms with Crippen molar-refractivity contribution in [1.82, 2.24) is 0 Å². The molecule has 3 N–H and O–H groups in total. The molecule has 97 heavy (non-hydrogen) atoms. The molecule has 0 aliphatic heterocycles. The van der Waals surface area contributed by atoms with Crippen molar-refractivity contribution in [2.75, 3.05) is 39.6 Å². The van der Waals surface area contributed by atoms with Gasteiger partial charge >= 0.3 is 39.5 Å². The maximum atomic E-state index is 13.1. The smallest absolute Gasteiger partial charge is 0.462 e. The quantitative estimate of drug-likeness (QED) is 0.0222. The zero-order valence-electron chi connectivity index (χ0n) is 63.2. The van der Waals surface area contributed by atoms with E-state index in [0.29, 0.717) is 25.7 Å². The van der Waals surface area contributed by atoms with E-state index in [0.717, 1.165) is 102 Å². The van der Waals surface area contributed by atoms with Gasteiger partial charge in [-0.3, -0.25) is 37.3 Å². The minimum Gasteiger partial charge on any atom is -0.462 e. The van der Waals surface area contributed by atoms with Gasteiger partial charge in [-0.1, -0.05) is 362 Å². The lowest BCUT2D eigenvalue weighted by molar-refractivity contribution is -0.161. The van der Waals surface area contributed by atoms with Crippen LogP contribution in [0.3, 0.4) is 0 Å². The molecule has 0 aliphatic carbocycles. The van der Waals surface area contributed by atoms with Crippen molar-refractivity contribution >= 4 is 39.5 Å². The summed E-state index contributed by atoms with van der Waals surface area (Å²) < 4.78 is 68.4. The molecule has 0 radical (unpaired) electrons. The van der Waals surface area contributed by atoms with Gasteiger partial charge in [0, 0.05) is 25.7 Å². The lowest BCUT2D eigenvalue weighted by atomic mass is 10.0. The molecule has 5 atom stereocenters. The molecule has 19 heteroatoms. The number of carbonyl (C=O) groups is 4. The highest BCUT2D eigenvalue weighted by Crippen LogP contribution is 2.45. The first kappa shape index (κ1) is 95.1. The van der Waals surface area contributed by atoms with Gasteiger partial charge in [0.05, 0.1) is 26.4 Å². The summed E-state index contributed by atoms with van der Waals surface area (Å²) in [4.78, 5) is 72.6. The Labute approximate surface area is 594 Å². The van der Waals surface area contributed by atoms with Crippen LogP contribution >= 0.6 is 15.6 Å². The van der Waals surface area contributed by atoms with E-state index in [1.54, 1.807) is 0 Å². The fourth-order valence-electron chi connectivity index (χ4n) is 12.1. The first-order chi connectivity index (χ1) is 47.0. The summed E-state index contributed by atoms with van der Waals surface area (Å²) in [6, 6.07) is 0. The van der Waals surface area contributed by atoms with Crippen LogP contribution in [0.4, 0.5) is 0 Å². The molecule has 0 bridgehead atoms. The van der Waals surface area contributed by atoms with Gasteiger partial charge in [0.15, 0.2) is 12.2 Å². The molecule has 0 aliphatic rings. The van der Waals surface area contributed by atoms with Crippen LogP contribution in [0.15, 0.2) is 0 Å². The molecule has 0 saturated heterocycles. The van der Waals surface area contributed by atoms with E-state index in [4.69, 9.17) is 37.0 Å². The molecule has 0 aromatic heterocycles. The number of phosphoric acid groups is 2. The maximum Gasteiger partial charge on any atom is 0.472 e. The fourth-order valence-corrected chi connectivity index (χ4v) is 13.6. The van der Waals surface area contributed by atoms with Crippen LogP contribution in [0.25, 0.3) is 0 Å². The van der Waals surface area contributed by atoms with Crippen LogP contribution in [0.2, 0.25) is 0 Å². The highest BCUT2D eigenvalue weighted by molar-refractivity contribution is 7.47. The van der Waals surface area contributed by atoms with Crippen LogP contribution in [-0.2, 0) is 65.4 Å². The van der Waals surface area contributed by atoms with Crippen molar-refractivity contribution in [3.63, 3.8) is 0 Å². The Balaban J connectivity index is 5.12. The van der Waals surface area contributed by atoms with E-state index in [9.17, 15) is 43.2 Å². The minimum absolute atomic E-state index is 0.108. The summed E-state index contributed by atoms with van der Waals surface area (Å²) in [5.74, 6) is -1.30. The summed E-state index contributed by atoms with van der Waals surface area (Å²) in [6.45, 7) is 7.26. The molecule has 0 amide bonds. The second kappa shape index (κ2) is 71.1. The van der Waals surface area contributed by atoms with Gasteiger partial charge in [0.2, 0.25) is 0 Å². The number of hydrogen-bond donors (Lipinski definition) is 3. The molecule has 0 rings (SSSR count). The molecule has 0 aromatic carbocycles. The summed E-state index contributed by atoms with van der Waals surface area (Å²) in [5.41, 5.74) is 0. The molecule has 0 heterocycles. The lowest BCUT2D eigenvalue weighted by Crippen LogP contribution is -2.30. The van der Waals surface area contributed by atoms with E-state index in [2.05, 4.69) is 34.6 Å². The number of rotatable bonds is 78. The molecule has 0 fully saturated rings. The van der Waals surface area contributed by atoms with Crippen LogP contribution in [0.1, 0.15) is 413 Å². The van der Waals surface area contributed by atoms with E-state index >= 15 is 0 Å². The SMILES string of the molecule is CCCCCCCCCCCCCCCCCCC(=O)OC[C@H](COP(=O)(O)OC[C@@H](O)COP(=O)(O)OC[C@@H](COC(=O)CCCCCCC)OC(=O)CCCCCCCCCCCCCCCCC)OC(=O)CCCCCCCCCCCCCCCCCCCCC(C)C. The third kappa shape index (κ3) is 72.2. The summed E-state index contributed by atoms with van der Waals surface area (Å²) in [5, 5.41) is 10.6. The number of aliphatic hydroxyl groups excluding tert-OH is 1. The molecular weight excluding hydrogens is 1270 g/mol. The van der Waals surface area contributed by atoms with Crippen molar-refractivity contribution in [1.29, 1.82) is 0 Å². The molecule has 0 saturated carbocycles. The van der Waals surface area contributed by atoms with Crippen molar-refractivity contribution in [2.24, 2.45) is 5.92 Å². The average Bonchev–Trinajstić information content (AvgIpc) is 2.02. The Hall–Kier alpha value is -1.94. The normalized spacial score (nSPS) is 13.9. The van der Waals surface area contributed by atoms with Crippen molar-refractivity contribution in [3.8, 4) is 0 Å². The summed E-state index contributed by atoms with van der Waals surface area (Å²) >= 11 is 0. The van der Waals surface area contributed by atoms with Gasteiger partial charge in [-0.25, -0.2) is 9.13 Å². The Bertz CT molecular complexity index is 1860. The van der Waals surface area contributed by atoms with E-state index < -0.39 is 97.5 Å². The lowest BCUT2D eigenvalue weighted by Gasteiger charge is -2.21. The Morgan fingerprint density at radius 3 is 0.701 bits per heavy atom. The third-order valence-electron chi connectivity index (χ3n) is 18.3. The largest absolute Gasteiger partial charge is 0.472 e. The maximum absolute atomic E-state index is 13.1. The number of phosphoric ester groups is 2. The molecular formula is C78H152O17P2. The molecule has 0 spiro atoms. The molecule has 576 valence electrons. The standard InChI is InChI=1S/C78H152O17P2/c1-6-9-12-15-17-19-21-23-25-32-35-39-43-47-52-57-62-76(81)89-68-74(95-78(83)64-59-54-49-45-41-37-33-29-27-26-28-31-34-38-42-46-51-55-60-71(4)5)70-93-97(86,87)91-66-72(79)65-90-96(84,85)92-69-73(67-88-75(80)61-56-50-14-11-8-3)94-77(82)63-58-53-48-44-40-36-30-24-22-20-18-16-13-10-7-2/h71-74,79H,6-70H2,1-5H3,(H,84,85)(H,86,87)/t72-,73+,74+/m0/s1. The monoisotopic (exact) mass is 1420 g/mol. The Kier molecular flexibility index (Phi) is 69.6. The first-order valence-electron chi connectivity index (χ1n) is 40.6. The molecule has 17 nitrogen and oxygen atoms in total. The number of aliphatic hydroxyl groups is 1. The minimum atomic E-state index is -4.96. The van der Waals surface area contributed by atoms with Gasteiger partial charge in [-0.2, -0.15) is 0 Å². The van der Waals surface area contributed by atoms with Crippen LogP contribution < -0.4 is 0 Å². The van der Waals surface area contributed by atoms with Crippen molar-refractivity contribution in [3.05, 3.63) is 0 Å². The van der Waals surface area contributed by atoms with E-state index in [1.165, 1.54) is 231 Å². The number of esters is 4. The summed E-state index contributed by atoms with van der Waals surface area (Å²) in [6.07, 6.45) is 61.5. The second-order valence-electron chi connectivity index (χ2n) is 28.6. The van der Waals surface area contributed by atoms with Gasteiger partial charge in [0.25, 0.3) is 0 Å². The second-order valence-corrected chi connectivity index (χ2v) is 31.5. The van der Waals surface area contributed by atoms with Crippen molar-refractivity contribution in [2.45, 2.75) is 432 Å². The summed E-state index contributed by atoms with van der Waals surface area (Å²) in [7, 11) is -9.90. The number of hydrogen-bond acceptors (Lipinski definition) is 15. The predicted molar refractivity (Wildman–Crippen MR) is 395 cm³/mol. The van der Waals surface area contributed by atoms with Crippen LogP contribution in [-0.4, -0.2) is 96.7 Å². The average molecular weight is 1420 g/mol. The Morgan fingerprint density at radius 2 is 0.474 bits per heavy atom. The zero-order chi connectivity index (χ0) is 71.2. The van der Waals surface area contributed by atoms with Crippen LogP contribution in [0.5, 0.6) is 0 Å². The van der Waals surface area contributed by atoms with Crippen LogP contribution in [0, 0.1) is 5.92 Å². The number of unbranched alkanes of at least 4 members (excludes halogenated alkanes) is 50. The van der Waals surface area contributed by atoms with Gasteiger partial charge in [-0.15, -0.1) is 0 Å². The first-order valence-corrected chi connectivity index (χ1v) is 43.6. The van der Waals surface area contributed by atoms with Gasteiger partial charge < -0.3 is 33.8 Å².